The van der Waals surface area contributed by atoms with E-state index in [1.165, 1.54) is 22.7 Å². The molecular formula is C17H15ClN2O3S2. The van der Waals surface area contributed by atoms with E-state index in [1.807, 2.05) is 23.6 Å². The molecule has 5 nitrogen and oxygen atoms in total. The third kappa shape index (κ3) is 4.58. The molecule has 25 heavy (non-hydrogen) atoms. The van der Waals surface area contributed by atoms with Crippen LogP contribution in [0.3, 0.4) is 0 Å². The molecule has 0 spiro atoms. The Labute approximate surface area is 158 Å². The fraction of sp³-hybridized carbons (Fsp3) is 0.176. The first-order valence-corrected chi connectivity index (χ1v) is 9.48. The number of para-hydroxylation sites is 1. The minimum absolute atomic E-state index is 0.266. The SMILES string of the molecule is COCCOc1ccccc1C(=O)Nc1nc(-c2ccc(Cl)s2)cs1. The zero-order valence-corrected chi connectivity index (χ0v) is 15.7. The Morgan fingerprint density at radius 2 is 2.08 bits per heavy atom. The summed E-state index contributed by atoms with van der Waals surface area (Å²) in [6, 6.07) is 10.8. The molecule has 1 amide bonds. The molecule has 0 saturated heterocycles. The van der Waals surface area contributed by atoms with E-state index >= 15 is 0 Å². The van der Waals surface area contributed by atoms with Crippen LogP contribution < -0.4 is 10.1 Å². The third-order valence-corrected chi connectivity index (χ3v) is 5.24. The number of carbonyl (C=O) groups is 1. The first-order chi connectivity index (χ1) is 12.2. The molecule has 0 aliphatic carbocycles. The second kappa shape index (κ2) is 8.44. The van der Waals surface area contributed by atoms with Crippen LogP contribution in [0, 0.1) is 0 Å². The van der Waals surface area contributed by atoms with Gasteiger partial charge >= 0.3 is 0 Å². The minimum atomic E-state index is -0.266. The van der Waals surface area contributed by atoms with Crippen LogP contribution in [0.15, 0.2) is 41.8 Å². The number of aromatic nitrogens is 1. The predicted octanol–water partition coefficient (Wildman–Crippen LogP) is 4.80. The molecule has 3 aromatic rings. The summed E-state index contributed by atoms with van der Waals surface area (Å²) in [5.41, 5.74) is 1.25. The second-order valence-electron chi connectivity index (χ2n) is 4.93. The Hall–Kier alpha value is -1.93. The van der Waals surface area contributed by atoms with Gasteiger partial charge in [-0.2, -0.15) is 0 Å². The minimum Gasteiger partial charge on any atom is -0.490 e. The Bertz CT molecular complexity index is 863. The molecule has 8 heteroatoms. The van der Waals surface area contributed by atoms with Crippen molar-refractivity contribution in [2.45, 2.75) is 0 Å². The number of hydrogen-bond donors (Lipinski definition) is 1. The van der Waals surface area contributed by atoms with Crippen molar-refractivity contribution in [2.75, 3.05) is 25.6 Å². The van der Waals surface area contributed by atoms with E-state index in [9.17, 15) is 4.79 Å². The van der Waals surface area contributed by atoms with Crippen molar-refractivity contribution in [3.8, 4) is 16.3 Å². The normalized spacial score (nSPS) is 10.6. The van der Waals surface area contributed by atoms with Gasteiger partial charge in [0.2, 0.25) is 0 Å². The maximum atomic E-state index is 12.5. The fourth-order valence-electron chi connectivity index (χ4n) is 2.08. The van der Waals surface area contributed by atoms with Gasteiger partial charge in [-0.25, -0.2) is 4.98 Å². The Morgan fingerprint density at radius 3 is 2.84 bits per heavy atom. The number of hydrogen-bond acceptors (Lipinski definition) is 6. The number of thiophene rings is 1. The van der Waals surface area contributed by atoms with Crippen molar-refractivity contribution in [1.82, 2.24) is 4.98 Å². The summed E-state index contributed by atoms with van der Waals surface area (Å²) in [5.74, 6) is 0.247. The molecule has 0 fully saturated rings. The first-order valence-electron chi connectivity index (χ1n) is 7.40. The largest absolute Gasteiger partial charge is 0.490 e. The lowest BCUT2D eigenvalue weighted by Crippen LogP contribution is -2.14. The van der Waals surface area contributed by atoms with Crippen LogP contribution in [0.1, 0.15) is 10.4 Å². The van der Waals surface area contributed by atoms with Gasteiger partial charge in [0.15, 0.2) is 5.13 Å². The molecule has 3 rings (SSSR count). The Balaban J connectivity index is 1.71. The molecule has 0 radical (unpaired) electrons. The lowest BCUT2D eigenvalue weighted by atomic mass is 10.2. The Morgan fingerprint density at radius 1 is 1.24 bits per heavy atom. The highest BCUT2D eigenvalue weighted by Crippen LogP contribution is 2.33. The van der Waals surface area contributed by atoms with Crippen LogP contribution in [-0.4, -0.2) is 31.2 Å². The van der Waals surface area contributed by atoms with E-state index in [1.54, 1.807) is 25.3 Å². The molecule has 0 saturated carbocycles. The monoisotopic (exact) mass is 394 g/mol. The number of carbonyl (C=O) groups excluding carboxylic acids is 1. The quantitative estimate of drug-likeness (QED) is 0.584. The Kier molecular flexibility index (Phi) is 6.04. The third-order valence-electron chi connectivity index (χ3n) is 3.23. The highest BCUT2D eigenvalue weighted by Gasteiger charge is 2.15. The average Bonchev–Trinajstić information content (AvgIpc) is 3.24. The number of amides is 1. The number of anilines is 1. The van der Waals surface area contributed by atoms with Crippen LogP contribution in [-0.2, 0) is 4.74 Å². The van der Waals surface area contributed by atoms with Crippen molar-refractivity contribution in [1.29, 1.82) is 0 Å². The molecule has 0 aliphatic heterocycles. The van der Waals surface area contributed by atoms with Crippen LogP contribution in [0.2, 0.25) is 4.34 Å². The van der Waals surface area contributed by atoms with Gasteiger partial charge in [-0.05, 0) is 24.3 Å². The zero-order valence-electron chi connectivity index (χ0n) is 13.3. The number of benzene rings is 1. The summed E-state index contributed by atoms with van der Waals surface area (Å²) < 4.78 is 11.3. The van der Waals surface area contributed by atoms with E-state index in [0.29, 0.717) is 34.0 Å². The van der Waals surface area contributed by atoms with Crippen LogP contribution in [0.25, 0.3) is 10.6 Å². The molecule has 1 N–H and O–H groups in total. The van der Waals surface area contributed by atoms with Gasteiger partial charge in [-0.3, -0.25) is 10.1 Å². The molecule has 0 bridgehead atoms. The molecule has 0 aliphatic rings. The summed E-state index contributed by atoms with van der Waals surface area (Å²) >= 11 is 8.76. The average molecular weight is 395 g/mol. The first kappa shape index (κ1) is 17.9. The standard InChI is InChI=1S/C17H15ClN2O3S2/c1-22-8-9-23-13-5-3-2-4-11(13)16(21)20-17-19-12(10-24-17)14-6-7-15(18)25-14/h2-7,10H,8-9H2,1H3,(H,19,20,21). The van der Waals surface area contributed by atoms with Crippen molar-refractivity contribution in [3.63, 3.8) is 0 Å². The van der Waals surface area contributed by atoms with Crippen LogP contribution >= 0.6 is 34.3 Å². The predicted molar refractivity (Wildman–Crippen MR) is 102 cm³/mol. The summed E-state index contributed by atoms with van der Waals surface area (Å²) in [5, 5.41) is 5.23. The van der Waals surface area contributed by atoms with Gasteiger partial charge in [-0.15, -0.1) is 22.7 Å². The number of ether oxygens (including phenoxy) is 2. The lowest BCUT2D eigenvalue weighted by Gasteiger charge is -2.10. The van der Waals surface area contributed by atoms with Gasteiger partial charge in [0.25, 0.3) is 5.91 Å². The highest BCUT2D eigenvalue weighted by atomic mass is 35.5. The maximum Gasteiger partial charge on any atom is 0.261 e. The lowest BCUT2D eigenvalue weighted by molar-refractivity contribution is 0.101. The summed E-state index contributed by atoms with van der Waals surface area (Å²) in [7, 11) is 1.60. The number of nitrogens with zero attached hydrogens (tertiary/aromatic N) is 1. The number of nitrogens with one attached hydrogen (secondary N) is 1. The molecule has 0 atom stereocenters. The second-order valence-corrected chi connectivity index (χ2v) is 7.51. The molecule has 0 unspecified atom stereocenters. The van der Waals surface area contributed by atoms with E-state index < -0.39 is 0 Å². The van der Waals surface area contributed by atoms with Gasteiger partial charge in [-0.1, -0.05) is 23.7 Å². The van der Waals surface area contributed by atoms with E-state index in [4.69, 9.17) is 21.1 Å². The topological polar surface area (TPSA) is 60.5 Å². The van der Waals surface area contributed by atoms with Crippen molar-refractivity contribution in [2.24, 2.45) is 0 Å². The van der Waals surface area contributed by atoms with Crippen molar-refractivity contribution < 1.29 is 14.3 Å². The highest BCUT2D eigenvalue weighted by molar-refractivity contribution is 7.20. The van der Waals surface area contributed by atoms with E-state index in [0.717, 1.165) is 10.6 Å². The molecular weight excluding hydrogens is 380 g/mol. The van der Waals surface area contributed by atoms with Gasteiger partial charge in [0, 0.05) is 12.5 Å². The van der Waals surface area contributed by atoms with Crippen LogP contribution in [0.5, 0.6) is 5.75 Å². The molecule has 130 valence electrons. The molecule has 2 aromatic heterocycles. The van der Waals surface area contributed by atoms with Gasteiger partial charge < -0.3 is 9.47 Å². The van der Waals surface area contributed by atoms with Crippen LogP contribution in [0.4, 0.5) is 5.13 Å². The molecule has 1 aromatic carbocycles. The fourth-order valence-corrected chi connectivity index (χ4v) is 3.86. The summed E-state index contributed by atoms with van der Waals surface area (Å²) in [4.78, 5) is 17.9. The molecule has 2 heterocycles. The zero-order chi connectivity index (χ0) is 17.6. The van der Waals surface area contributed by atoms with E-state index in [2.05, 4.69) is 10.3 Å². The number of thiazole rings is 1. The number of rotatable bonds is 7. The van der Waals surface area contributed by atoms with E-state index in [-0.39, 0.29) is 5.91 Å². The van der Waals surface area contributed by atoms with Gasteiger partial charge in [0.1, 0.15) is 12.4 Å². The van der Waals surface area contributed by atoms with Gasteiger partial charge in [0.05, 0.1) is 27.1 Å². The van der Waals surface area contributed by atoms with Crippen molar-refractivity contribution >= 4 is 45.3 Å². The smallest absolute Gasteiger partial charge is 0.261 e. The maximum absolute atomic E-state index is 12.5. The number of halogens is 1. The summed E-state index contributed by atoms with van der Waals surface area (Å²) in [6.07, 6.45) is 0. The van der Waals surface area contributed by atoms with Crippen molar-refractivity contribution in [3.05, 3.63) is 51.7 Å². The number of methoxy groups -OCH3 is 1. The summed E-state index contributed by atoms with van der Waals surface area (Å²) in [6.45, 7) is 0.830.